The van der Waals surface area contributed by atoms with Crippen molar-refractivity contribution in [3.8, 4) is 0 Å². The van der Waals surface area contributed by atoms with Gasteiger partial charge in [0.2, 0.25) is 5.89 Å². The summed E-state index contributed by atoms with van der Waals surface area (Å²) in [5.41, 5.74) is 5.52. The van der Waals surface area contributed by atoms with E-state index in [0.29, 0.717) is 10.8 Å². The SMILES string of the molecule is Cc1nnc(Sc2cccc(N)c2[N+](=O)[O-])o1. The monoisotopic (exact) mass is 252 g/mol. The molecule has 0 saturated heterocycles. The number of aromatic nitrogens is 2. The molecular formula is C9H8N4O3S. The van der Waals surface area contributed by atoms with E-state index in [1.54, 1.807) is 19.1 Å². The van der Waals surface area contributed by atoms with Gasteiger partial charge in [-0.15, -0.1) is 10.2 Å². The van der Waals surface area contributed by atoms with Crippen molar-refractivity contribution in [3.63, 3.8) is 0 Å². The number of nitro groups is 1. The molecular weight excluding hydrogens is 244 g/mol. The highest BCUT2D eigenvalue weighted by molar-refractivity contribution is 7.99. The van der Waals surface area contributed by atoms with Crippen molar-refractivity contribution < 1.29 is 9.34 Å². The Bertz CT molecular complexity index is 569. The van der Waals surface area contributed by atoms with Crippen molar-refractivity contribution in [2.45, 2.75) is 17.0 Å². The summed E-state index contributed by atoms with van der Waals surface area (Å²) in [6, 6.07) is 4.69. The fraction of sp³-hybridized carbons (Fsp3) is 0.111. The Balaban J connectivity index is 2.39. The predicted molar refractivity (Wildman–Crippen MR) is 60.7 cm³/mol. The quantitative estimate of drug-likeness (QED) is 0.505. The number of nitrogens with two attached hydrogens (primary N) is 1. The maximum Gasteiger partial charge on any atom is 0.306 e. The molecule has 17 heavy (non-hydrogen) atoms. The van der Waals surface area contributed by atoms with Gasteiger partial charge in [0, 0.05) is 6.92 Å². The average molecular weight is 252 g/mol. The van der Waals surface area contributed by atoms with E-state index < -0.39 is 4.92 Å². The minimum Gasteiger partial charge on any atom is -0.416 e. The molecule has 0 aliphatic rings. The van der Waals surface area contributed by atoms with Crippen LogP contribution in [0.4, 0.5) is 11.4 Å². The van der Waals surface area contributed by atoms with Crippen LogP contribution in [-0.2, 0) is 0 Å². The molecule has 0 bridgehead atoms. The van der Waals surface area contributed by atoms with Crippen LogP contribution in [0, 0.1) is 17.0 Å². The molecule has 0 aliphatic heterocycles. The standard InChI is InChI=1S/C9H8N4O3S/c1-5-11-12-9(16-5)17-7-4-2-3-6(10)8(7)13(14)15/h2-4H,10H2,1H3. The number of rotatable bonds is 3. The first-order valence-corrected chi connectivity index (χ1v) is 5.40. The number of anilines is 1. The number of benzene rings is 1. The minimum absolute atomic E-state index is 0.108. The summed E-state index contributed by atoms with van der Waals surface area (Å²) < 4.78 is 5.14. The second-order valence-corrected chi connectivity index (χ2v) is 4.13. The third kappa shape index (κ3) is 2.36. The van der Waals surface area contributed by atoms with Gasteiger partial charge in [-0.05, 0) is 23.9 Å². The molecule has 8 heteroatoms. The molecule has 1 heterocycles. The molecule has 1 aromatic heterocycles. The molecule has 7 nitrogen and oxygen atoms in total. The average Bonchev–Trinajstić information content (AvgIpc) is 2.63. The van der Waals surface area contributed by atoms with Gasteiger partial charge >= 0.3 is 5.69 Å². The van der Waals surface area contributed by atoms with E-state index in [2.05, 4.69) is 10.2 Å². The highest BCUT2D eigenvalue weighted by atomic mass is 32.2. The highest BCUT2D eigenvalue weighted by Crippen LogP contribution is 2.37. The van der Waals surface area contributed by atoms with Gasteiger partial charge in [-0.25, -0.2) is 0 Å². The number of para-hydroxylation sites is 1. The first kappa shape index (κ1) is 11.4. The molecule has 2 N–H and O–H groups in total. The molecule has 2 rings (SSSR count). The summed E-state index contributed by atoms with van der Waals surface area (Å²) in [6.45, 7) is 1.64. The molecule has 1 aromatic carbocycles. The summed E-state index contributed by atoms with van der Waals surface area (Å²) in [4.78, 5) is 10.7. The van der Waals surface area contributed by atoms with Gasteiger partial charge in [-0.1, -0.05) is 6.07 Å². The lowest BCUT2D eigenvalue weighted by Gasteiger charge is -2.01. The smallest absolute Gasteiger partial charge is 0.306 e. The van der Waals surface area contributed by atoms with Gasteiger partial charge < -0.3 is 10.2 Å². The topological polar surface area (TPSA) is 108 Å². The van der Waals surface area contributed by atoms with Crippen molar-refractivity contribution in [1.29, 1.82) is 0 Å². The zero-order valence-corrected chi connectivity index (χ0v) is 9.60. The van der Waals surface area contributed by atoms with Gasteiger partial charge in [0.25, 0.3) is 5.22 Å². The summed E-state index contributed by atoms with van der Waals surface area (Å²) in [6.07, 6.45) is 0. The molecule has 0 aliphatic carbocycles. The van der Waals surface area contributed by atoms with Crippen LogP contribution in [0.15, 0.2) is 32.7 Å². The Labute approximate surface area is 100 Å². The number of hydrogen-bond donors (Lipinski definition) is 1. The largest absolute Gasteiger partial charge is 0.416 e. The number of nitrogen functional groups attached to an aromatic ring is 1. The number of aryl methyl sites for hydroxylation is 1. The van der Waals surface area contributed by atoms with Crippen molar-refractivity contribution in [3.05, 3.63) is 34.2 Å². The molecule has 0 radical (unpaired) electrons. The molecule has 2 aromatic rings. The van der Waals surface area contributed by atoms with E-state index >= 15 is 0 Å². The molecule has 0 amide bonds. The van der Waals surface area contributed by atoms with Gasteiger partial charge in [-0.2, -0.15) is 0 Å². The summed E-state index contributed by atoms with van der Waals surface area (Å²) in [7, 11) is 0. The van der Waals surface area contributed by atoms with E-state index in [1.807, 2.05) is 0 Å². The summed E-state index contributed by atoms with van der Waals surface area (Å²) in [5.74, 6) is 0.402. The van der Waals surface area contributed by atoms with Crippen LogP contribution >= 0.6 is 11.8 Å². The van der Waals surface area contributed by atoms with Gasteiger partial charge in [-0.3, -0.25) is 10.1 Å². The van der Waals surface area contributed by atoms with Gasteiger partial charge in [0.15, 0.2) is 0 Å². The Morgan fingerprint density at radius 1 is 1.47 bits per heavy atom. The van der Waals surface area contributed by atoms with Crippen LogP contribution in [0.2, 0.25) is 0 Å². The Hall–Kier alpha value is -2.09. The van der Waals surface area contributed by atoms with Crippen LogP contribution < -0.4 is 5.73 Å². The van der Waals surface area contributed by atoms with Crippen LogP contribution in [0.5, 0.6) is 0 Å². The maximum absolute atomic E-state index is 10.9. The van der Waals surface area contributed by atoms with Crippen molar-refractivity contribution >= 4 is 23.1 Å². The lowest BCUT2D eigenvalue weighted by atomic mass is 10.3. The fourth-order valence-electron chi connectivity index (χ4n) is 1.23. The van der Waals surface area contributed by atoms with Crippen molar-refractivity contribution in [2.75, 3.05) is 5.73 Å². The van der Waals surface area contributed by atoms with Crippen molar-refractivity contribution in [1.82, 2.24) is 10.2 Å². The highest BCUT2D eigenvalue weighted by Gasteiger charge is 2.20. The van der Waals surface area contributed by atoms with E-state index in [4.69, 9.17) is 10.2 Å². The first-order valence-electron chi connectivity index (χ1n) is 4.59. The Morgan fingerprint density at radius 2 is 2.24 bits per heavy atom. The van der Waals surface area contributed by atoms with E-state index in [1.165, 1.54) is 6.07 Å². The molecule has 0 spiro atoms. The molecule has 88 valence electrons. The fourth-order valence-corrected chi connectivity index (χ4v) is 2.10. The van der Waals surface area contributed by atoms with E-state index in [0.717, 1.165) is 11.8 Å². The lowest BCUT2D eigenvalue weighted by Crippen LogP contribution is -1.97. The third-order valence-corrected chi connectivity index (χ3v) is 2.81. The van der Waals surface area contributed by atoms with Crippen LogP contribution in [0.1, 0.15) is 5.89 Å². The third-order valence-electron chi connectivity index (χ3n) is 1.92. The van der Waals surface area contributed by atoms with Crippen LogP contribution in [-0.4, -0.2) is 15.1 Å². The number of nitrogens with zero attached hydrogens (tertiary/aromatic N) is 3. The van der Waals surface area contributed by atoms with E-state index in [-0.39, 0.29) is 16.6 Å². The van der Waals surface area contributed by atoms with E-state index in [9.17, 15) is 10.1 Å². The van der Waals surface area contributed by atoms with Crippen LogP contribution in [0.3, 0.4) is 0 Å². The number of nitro benzene ring substituents is 1. The Kier molecular flexibility index (Phi) is 2.96. The van der Waals surface area contributed by atoms with Gasteiger partial charge in [0.05, 0.1) is 9.82 Å². The molecule has 0 saturated carbocycles. The first-order chi connectivity index (χ1) is 8.08. The molecule has 0 fully saturated rings. The molecule has 0 atom stereocenters. The normalized spacial score (nSPS) is 10.4. The molecule has 0 unspecified atom stereocenters. The summed E-state index contributed by atoms with van der Waals surface area (Å²) >= 11 is 1.02. The predicted octanol–water partition coefficient (Wildman–Crippen LogP) is 2.02. The van der Waals surface area contributed by atoms with Crippen molar-refractivity contribution in [2.24, 2.45) is 0 Å². The second-order valence-electron chi connectivity index (χ2n) is 3.14. The Morgan fingerprint density at radius 3 is 2.82 bits per heavy atom. The zero-order valence-electron chi connectivity index (χ0n) is 8.78. The van der Waals surface area contributed by atoms with Gasteiger partial charge in [0.1, 0.15) is 5.69 Å². The second kappa shape index (κ2) is 4.42. The minimum atomic E-state index is -0.527. The van der Waals surface area contributed by atoms with Crippen LogP contribution in [0.25, 0.3) is 0 Å². The summed E-state index contributed by atoms with van der Waals surface area (Å²) in [5, 5.41) is 18.5. The maximum atomic E-state index is 10.9. The number of hydrogen-bond acceptors (Lipinski definition) is 7. The zero-order chi connectivity index (χ0) is 12.4. The lowest BCUT2D eigenvalue weighted by molar-refractivity contribution is -0.386.